The number of alkyl halides is 9. The zero-order valence-electron chi connectivity index (χ0n) is 20.4. The van der Waals surface area contributed by atoms with E-state index in [1.54, 1.807) is 30.4 Å². The van der Waals surface area contributed by atoms with Gasteiger partial charge in [0, 0.05) is 9.79 Å². The van der Waals surface area contributed by atoms with Gasteiger partial charge < -0.3 is 0 Å². The quantitative estimate of drug-likeness (QED) is 0.152. The fraction of sp³-hybridized carbons (Fsp3) is 0.107. The standard InChI is InChI=1S/C28H17F9N2S2/c29-26(30,31)20-2-1-3-22(16-20)39-23(11-5-19-8-14-25(15-9-19)41-28(35,36)37)17-21(38-39)10-4-18-6-12-24(13-7-18)40-27(32,33)34/h1-17H. The Kier molecular flexibility index (Phi) is 8.97. The maximum atomic E-state index is 13.3. The molecule has 3 aromatic carbocycles. The van der Waals surface area contributed by atoms with Crippen LogP contribution in [0.5, 0.6) is 0 Å². The Hall–Kier alpha value is -3.58. The number of benzene rings is 3. The molecule has 0 saturated heterocycles. The van der Waals surface area contributed by atoms with Crippen molar-refractivity contribution in [3.63, 3.8) is 0 Å². The molecular formula is C28H17F9N2S2. The van der Waals surface area contributed by atoms with Gasteiger partial charge in [0.1, 0.15) is 0 Å². The first kappa shape index (κ1) is 30.4. The molecule has 0 bridgehead atoms. The molecule has 4 rings (SSSR count). The van der Waals surface area contributed by atoms with Crippen LogP contribution in [-0.2, 0) is 6.18 Å². The van der Waals surface area contributed by atoms with Crippen molar-refractivity contribution in [3.8, 4) is 5.69 Å². The van der Waals surface area contributed by atoms with Gasteiger partial charge in [-0.3, -0.25) is 0 Å². The predicted molar refractivity (Wildman–Crippen MR) is 143 cm³/mol. The first-order valence-corrected chi connectivity index (χ1v) is 13.1. The second kappa shape index (κ2) is 12.1. The predicted octanol–water partition coefficient (Wildman–Crippen LogP) is 10.5. The molecule has 0 saturated carbocycles. The molecule has 0 N–H and O–H groups in total. The number of nitrogens with zero attached hydrogens (tertiary/aromatic N) is 2. The number of rotatable bonds is 7. The average molecular weight is 617 g/mol. The van der Waals surface area contributed by atoms with E-state index >= 15 is 0 Å². The summed E-state index contributed by atoms with van der Waals surface area (Å²) >= 11 is -0.494. The Morgan fingerprint density at radius 1 is 0.585 bits per heavy atom. The highest BCUT2D eigenvalue weighted by atomic mass is 32.2. The third-order valence-electron chi connectivity index (χ3n) is 5.29. The lowest BCUT2D eigenvalue weighted by Crippen LogP contribution is -2.07. The van der Waals surface area contributed by atoms with E-state index in [0.717, 1.165) is 12.1 Å². The monoisotopic (exact) mass is 616 g/mol. The summed E-state index contributed by atoms with van der Waals surface area (Å²) in [7, 11) is 0. The van der Waals surface area contributed by atoms with E-state index < -0.39 is 22.8 Å². The van der Waals surface area contributed by atoms with Crippen molar-refractivity contribution in [1.82, 2.24) is 9.78 Å². The molecule has 0 atom stereocenters. The number of thioether (sulfide) groups is 2. The highest BCUT2D eigenvalue weighted by molar-refractivity contribution is 8.00. The normalized spacial score (nSPS) is 13.0. The Labute approximate surface area is 236 Å². The fourth-order valence-corrected chi connectivity index (χ4v) is 4.64. The third kappa shape index (κ3) is 9.22. The van der Waals surface area contributed by atoms with Gasteiger partial charge in [-0.25, -0.2) is 4.68 Å². The maximum Gasteiger partial charge on any atom is 0.446 e. The summed E-state index contributed by atoms with van der Waals surface area (Å²) in [5.41, 5.74) is -7.79. The Balaban J connectivity index is 1.64. The smallest absolute Gasteiger partial charge is 0.233 e. The van der Waals surface area contributed by atoms with Gasteiger partial charge in [0.15, 0.2) is 0 Å². The van der Waals surface area contributed by atoms with Crippen molar-refractivity contribution in [2.45, 2.75) is 27.0 Å². The Morgan fingerprint density at radius 3 is 1.59 bits per heavy atom. The minimum absolute atomic E-state index is 0.00103. The molecule has 0 fully saturated rings. The molecule has 0 spiro atoms. The van der Waals surface area contributed by atoms with Crippen molar-refractivity contribution in [1.29, 1.82) is 0 Å². The lowest BCUT2D eigenvalue weighted by atomic mass is 10.1. The van der Waals surface area contributed by atoms with E-state index in [1.807, 2.05) is 0 Å². The summed E-state index contributed by atoms with van der Waals surface area (Å²) in [5.74, 6) is 0. The second-order valence-corrected chi connectivity index (χ2v) is 10.6. The van der Waals surface area contributed by atoms with E-state index in [4.69, 9.17) is 0 Å². The SMILES string of the molecule is FC(F)(F)Sc1ccc(C=Cc2cc(C=Cc3ccc(SC(F)(F)F)cc3)n(-c3cccc(C(F)(F)F)c3)n2)cc1. The van der Waals surface area contributed by atoms with Crippen LogP contribution in [0, 0.1) is 0 Å². The van der Waals surface area contributed by atoms with Crippen LogP contribution >= 0.6 is 23.5 Å². The van der Waals surface area contributed by atoms with Gasteiger partial charge in [-0.15, -0.1) is 0 Å². The molecule has 41 heavy (non-hydrogen) atoms. The minimum Gasteiger partial charge on any atom is -0.233 e. The highest BCUT2D eigenvalue weighted by Crippen LogP contribution is 2.38. The highest BCUT2D eigenvalue weighted by Gasteiger charge is 2.31. The first-order valence-electron chi connectivity index (χ1n) is 11.5. The molecule has 0 aliphatic rings. The number of hydrogen-bond donors (Lipinski definition) is 0. The van der Waals surface area contributed by atoms with Crippen LogP contribution in [0.15, 0.2) is 88.7 Å². The van der Waals surface area contributed by atoms with Crippen molar-refractivity contribution in [2.24, 2.45) is 0 Å². The molecule has 4 aromatic rings. The molecular weight excluding hydrogens is 599 g/mol. The molecule has 0 radical (unpaired) electrons. The van der Waals surface area contributed by atoms with Crippen LogP contribution in [0.2, 0.25) is 0 Å². The number of aromatic nitrogens is 2. The van der Waals surface area contributed by atoms with Crippen molar-refractivity contribution >= 4 is 47.8 Å². The second-order valence-electron chi connectivity index (χ2n) is 8.35. The van der Waals surface area contributed by atoms with Crippen LogP contribution in [0.1, 0.15) is 28.1 Å². The summed E-state index contributed by atoms with van der Waals surface area (Å²) in [6.45, 7) is 0. The molecule has 1 heterocycles. The van der Waals surface area contributed by atoms with Gasteiger partial charge in [0.2, 0.25) is 0 Å². The van der Waals surface area contributed by atoms with Crippen molar-refractivity contribution in [3.05, 3.63) is 107 Å². The molecule has 1 aromatic heterocycles. The topological polar surface area (TPSA) is 17.8 Å². The summed E-state index contributed by atoms with van der Waals surface area (Å²) in [6.07, 6.45) is 1.68. The summed E-state index contributed by atoms with van der Waals surface area (Å²) in [4.78, 5) is 0.0158. The maximum absolute atomic E-state index is 13.3. The van der Waals surface area contributed by atoms with Gasteiger partial charge in [0.05, 0.1) is 22.6 Å². The molecule has 0 aliphatic carbocycles. The summed E-state index contributed by atoms with van der Waals surface area (Å²) in [6, 6.07) is 17.2. The number of hydrogen-bond acceptors (Lipinski definition) is 3. The molecule has 0 unspecified atom stereocenters. The van der Waals surface area contributed by atoms with Crippen molar-refractivity contribution < 1.29 is 39.5 Å². The zero-order valence-corrected chi connectivity index (χ0v) is 22.1. The van der Waals surface area contributed by atoms with Gasteiger partial charge >= 0.3 is 17.2 Å². The molecule has 0 aliphatic heterocycles. The first-order chi connectivity index (χ1) is 19.1. The van der Waals surface area contributed by atoms with Gasteiger partial charge in [0.25, 0.3) is 0 Å². The molecule has 0 amide bonds. The van der Waals surface area contributed by atoms with Gasteiger partial charge in [-0.2, -0.15) is 44.6 Å². The Morgan fingerprint density at radius 2 is 1.10 bits per heavy atom. The van der Waals surface area contributed by atoms with Gasteiger partial charge in [-0.1, -0.05) is 42.5 Å². The fourth-order valence-electron chi connectivity index (χ4n) is 3.56. The van der Waals surface area contributed by atoms with Crippen molar-refractivity contribution in [2.75, 3.05) is 0 Å². The lowest BCUT2D eigenvalue weighted by molar-refractivity contribution is -0.137. The van der Waals surface area contributed by atoms with E-state index in [-0.39, 0.29) is 39.0 Å². The Bertz CT molecular complexity index is 1530. The lowest BCUT2D eigenvalue weighted by Gasteiger charge is -2.10. The number of halogens is 9. The zero-order chi connectivity index (χ0) is 29.8. The van der Waals surface area contributed by atoms with Crippen LogP contribution in [0.3, 0.4) is 0 Å². The third-order valence-corrected chi connectivity index (χ3v) is 6.77. The molecule has 214 valence electrons. The van der Waals surface area contributed by atoms with E-state index in [9.17, 15) is 39.5 Å². The molecule has 2 nitrogen and oxygen atoms in total. The largest absolute Gasteiger partial charge is 0.446 e. The van der Waals surface area contributed by atoms with E-state index in [0.29, 0.717) is 22.5 Å². The van der Waals surface area contributed by atoms with Gasteiger partial charge in [-0.05, 0) is 95.3 Å². The summed E-state index contributed by atoms with van der Waals surface area (Å²) in [5, 5.41) is 4.38. The minimum atomic E-state index is -4.59. The van der Waals surface area contributed by atoms with Crippen LogP contribution in [-0.4, -0.2) is 20.8 Å². The van der Waals surface area contributed by atoms with Crippen LogP contribution < -0.4 is 0 Å². The average Bonchev–Trinajstić information content (AvgIpc) is 3.29. The van der Waals surface area contributed by atoms with E-state index in [2.05, 4.69) is 5.10 Å². The molecule has 13 heteroatoms. The summed E-state index contributed by atoms with van der Waals surface area (Å²) < 4.78 is 117. The van der Waals surface area contributed by atoms with Crippen LogP contribution in [0.4, 0.5) is 39.5 Å². The van der Waals surface area contributed by atoms with E-state index in [1.165, 1.54) is 65.3 Å². The van der Waals surface area contributed by atoms with Crippen LogP contribution in [0.25, 0.3) is 30.0 Å².